The molecular weight excluding hydrogens is 182 g/mol. The summed E-state index contributed by atoms with van der Waals surface area (Å²) in [4.78, 5) is 11.0. The third-order valence-corrected chi connectivity index (χ3v) is 4.56. The van der Waals surface area contributed by atoms with E-state index >= 15 is 0 Å². The number of rotatable bonds is 3. The maximum Gasteiger partial charge on any atom is 0.229 e. The fourth-order valence-electron chi connectivity index (χ4n) is 1.85. The van der Waals surface area contributed by atoms with E-state index in [4.69, 9.17) is 0 Å². The van der Waals surface area contributed by atoms with E-state index in [1.807, 2.05) is 11.8 Å². The molecule has 1 rings (SSSR count). The molecule has 0 aromatic carbocycles. The molecule has 1 atom stereocenters. The summed E-state index contributed by atoms with van der Waals surface area (Å²) >= 11 is 1.81. The molecule has 13 heavy (non-hydrogen) atoms. The first-order valence-electron chi connectivity index (χ1n) is 4.88. The summed E-state index contributed by atoms with van der Waals surface area (Å²) in [5, 5.41) is 3.33. The van der Waals surface area contributed by atoms with E-state index in [9.17, 15) is 4.79 Å². The van der Waals surface area contributed by atoms with Crippen molar-refractivity contribution in [1.29, 1.82) is 0 Å². The van der Waals surface area contributed by atoms with Crippen LogP contribution < -0.4 is 5.32 Å². The zero-order chi connectivity index (χ0) is 9.90. The Morgan fingerprint density at radius 2 is 2.31 bits per heavy atom. The van der Waals surface area contributed by atoms with Crippen molar-refractivity contribution in [2.45, 2.75) is 38.4 Å². The lowest BCUT2D eigenvalue weighted by Crippen LogP contribution is -2.25. The van der Waals surface area contributed by atoms with Crippen molar-refractivity contribution in [3.05, 3.63) is 0 Å². The number of nitrogens with one attached hydrogen (secondary N) is 1. The molecule has 0 heterocycles. The van der Waals surface area contributed by atoms with Gasteiger partial charge >= 0.3 is 0 Å². The second-order valence-electron chi connectivity index (χ2n) is 4.35. The maximum absolute atomic E-state index is 11.0. The Hall–Kier alpha value is -0.180. The summed E-state index contributed by atoms with van der Waals surface area (Å²) in [5.41, 5.74) is 0.429. The first-order chi connectivity index (χ1) is 6.06. The third-order valence-electron chi connectivity index (χ3n) is 2.85. The van der Waals surface area contributed by atoms with Gasteiger partial charge in [0.1, 0.15) is 0 Å². The van der Waals surface area contributed by atoms with Crippen molar-refractivity contribution >= 4 is 17.7 Å². The molecule has 0 aliphatic heterocycles. The van der Waals surface area contributed by atoms with Gasteiger partial charge in [0.15, 0.2) is 0 Å². The van der Waals surface area contributed by atoms with Gasteiger partial charge in [0.05, 0.1) is 5.75 Å². The summed E-state index contributed by atoms with van der Waals surface area (Å²) in [5.74, 6) is 0.762. The minimum Gasteiger partial charge on any atom is -0.358 e. The van der Waals surface area contributed by atoms with Crippen LogP contribution in [0, 0.1) is 5.41 Å². The van der Waals surface area contributed by atoms with Crippen LogP contribution in [0.5, 0.6) is 0 Å². The fourth-order valence-corrected chi connectivity index (χ4v) is 3.25. The van der Waals surface area contributed by atoms with Crippen molar-refractivity contribution in [2.24, 2.45) is 5.41 Å². The van der Waals surface area contributed by atoms with Gasteiger partial charge in [0, 0.05) is 12.3 Å². The van der Waals surface area contributed by atoms with Gasteiger partial charge in [-0.3, -0.25) is 4.79 Å². The highest BCUT2D eigenvalue weighted by Crippen LogP contribution is 2.44. The maximum atomic E-state index is 11.0. The Morgan fingerprint density at radius 3 is 2.77 bits per heavy atom. The van der Waals surface area contributed by atoms with E-state index in [0.29, 0.717) is 16.4 Å². The fraction of sp³-hybridized carbons (Fsp3) is 0.900. The number of hydrogen-bond acceptors (Lipinski definition) is 2. The number of hydrogen-bond donors (Lipinski definition) is 1. The Bertz CT molecular complexity index is 191. The van der Waals surface area contributed by atoms with E-state index in [1.54, 1.807) is 7.05 Å². The minimum absolute atomic E-state index is 0.146. The van der Waals surface area contributed by atoms with Crippen molar-refractivity contribution in [3.8, 4) is 0 Å². The van der Waals surface area contributed by atoms with Crippen LogP contribution in [0.1, 0.15) is 33.1 Å². The molecule has 1 saturated carbocycles. The molecule has 1 unspecified atom stereocenters. The zero-order valence-electron chi connectivity index (χ0n) is 8.72. The Kier molecular flexibility index (Phi) is 3.65. The van der Waals surface area contributed by atoms with Crippen molar-refractivity contribution in [3.63, 3.8) is 0 Å². The first-order valence-corrected chi connectivity index (χ1v) is 5.93. The Balaban J connectivity index is 2.33. The number of carbonyl (C=O) groups excluding carboxylic acids is 1. The lowest BCUT2D eigenvalue weighted by atomic mass is 9.92. The van der Waals surface area contributed by atoms with E-state index in [2.05, 4.69) is 19.2 Å². The molecule has 0 spiro atoms. The molecular formula is C10H19NOS. The number of thioether (sulfide) groups is 1. The average molecular weight is 201 g/mol. The van der Waals surface area contributed by atoms with Gasteiger partial charge in [-0.25, -0.2) is 0 Å². The molecule has 3 heteroatoms. The standard InChI is InChI=1S/C10H19NOS/c1-10(2)6-4-5-8(10)13-7-9(12)11-3/h8H,4-7H2,1-3H3,(H,11,12). The molecule has 1 aliphatic carbocycles. The highest BCUT2D eigenvalue weighted by molar-refractivity contribution is 8.00. The SMILES string of the molecule is CNC(=O)CSC1CCCC1(C)C. The number of amides is 1. The van der Waals surface area contributed by atoms with Crippen LogP contribution in [-0.2, 0) is 4.79 Å². The predicted molar refractivity (Wildman–Crippen MR) is 57.9 cm³/mol. The second-order valence-corrected chi connectivity index (χ2v) is 5.54. The second kappa shape index (κ2) is 4.36. The van der Waals surface area contributed by atoms with E-state index < -0.39 is 0 Å². The smallest absolute Gasteiger partial charge is 0.229 e. The van der Waals surface area contributed by atoms with Gasteiger partial charge in [0.25, 0.3) is 0 Å². The van der Waals surface area contributed by atoms with Crippen LogP contribution in [0.25, 0.3) is 0 Å². The van der Waals surface area contributed by atoms with E-state index in [1.165, 1.54) is 19.3 Å². The molecule has 0 saturated heterocycles. The zero-order valence-corrected chi connectivity index (χ0v) is 9.54. The lowest BCUT2D eigenvalue weighted by molar-refractivity contribution is -0.118. The molecule has 1 fully saturated rings. The highest BCUT2D eigenvalue weighted by atomic mass is 32.2. The molecule has 76 valence electrons. The Morgan fingerprint density at radius 1 is 1.62 bits per heavy atom. The summed E-state index contributed by atoms with van der Waals surface area (Å²) in [6.07, 6.45) is 3.89. The lowest BCUT2D eigenvalue weighted by Gasteiger charge is -2.25. The van der Waals surface area contributed by atoms with Gasteiger partial charge in [-0.1, -0.05) is 20.3 Å². The van der Waals surface area contributed by atoms with Gasteiger partial charge < -0.3 is 5.32 Å². The molecule has 2 nitrogen and oxygen atoms in total. The van der Waals surface area contributed by atoms with Crippen LogP contribution in [0.15, 0.2) is 0 Å². The minimum atomic E-state index is 0.146. The van der Waals surface area contributed by atoms with Crippen LogP contribution in [0.2, 0.25) is 0 Å². The molecule has 0 radical (unpaired) electrons. The quantitative estimate of drug-likeness (QED) is 0.757. The largest absolute Gasteiger partial charge is 0.358 e. The normalized spacial score (nSPS) is 25.9. The average Bonchev–Trinajstić information content (AvgIpc) is 2.41. The predicted octanol–water partition coefficient (Wildman–Crippen LogP) is 2.04. The van der Waals surface area contributed by atoms with Crippen molar-refractivity contribution in [1.82, 2.24) is 5.32 Å². The van der Waals surface area contributed by atoms with E-state index in [0.717, 1.165) is 0 Å². The molecule has 1 N–H and O–H groups in total. The summed E-state index contributed by atoms with van der Waals surface area (Å²) in [6, 6.07) is 0. The van der Waals surface area contributed by atoms with Gasteiger partial charge in [-0.15, -0.1) is 11.8 Å². The monoisotopic (exact) mass is 201 g/mol. The van der Waals surface area contributed by atoms with Crippen molar-refractivity contribution < 1.29 is 4.79 Å². The summed E-state index contributed by atoms with van der Waals surface area (Å²) < 4.78 is 0. The van der Waals surface area contributed by atoms with Crippen LogP contribution in [0.3, 0.4) is 0 Å². The molecule has 0 bridgehead atoms. The third kappa shape index (κ3) is 2.90. The van der Waals surface area contributed by atoms with Gasteiger partial charge in [-0.05, 0) is 18.3 Å². The Labute approximate surface area is 84.9 Å². The molecule has 1 amide bonds. The first kappa shape index (κ1) is 10.9. The summed E-state index contributed by atoms with van der Waals surface area (Å²) in [7, 11) is 1.70. The van der Waals surface area contributed by atoms with Crippen LogP contribution in [-0.4, -0.2) is 24.0 Å². The van der Waals surface area contributed by atoms with Gasteiger partial charge in [0.2, 0.25) is 5.91 Å². The topological polar surface area (TPSA) is 29.1 Å². The number of carbonyl (C=O) groups is 1. The summed E-state index contributed by atoms with van der Waals surface area (Å²) in [6.45, 7) is 4.61. The molecule has 0 aromatic heterocycles. The van der Waals surface area contributed by atoms with E-state index in [-0.39, 0.29) is 5.91 Å². The van der Waals surface area contributed by atoms with Crippen molar-refractivity contribution in [2.75, 3.05) is 12.8 Å². The van der Waals surface area contributed by atoms with Gasteiger partial charge in [-0.2, -0.15) is 0 Å². The molecule has 0 aromatic rings. The van der Waals surface area contributed by atoms with Crippen LogP contribution >= 0.6 is 11.8 Å². The van der Waals surface area contributed by atoms with Crippen LogP contribution in [0.4, 0.5) is 0 Å². The highest BCUT2D eigenvalue weighted by Gasteiger charge is 2.34. The molecule has 1 aliphatic rings.